The van der Waals surface area contributed by atoms with Crippen LogP contribution in [0.1, 0.15) is 12.8 Å². The molecule has 6 heteroatoms. The first kappa shape index (κ1) is 13.7. The first-order chi connectivity index (χ1) is 9.31. The Morgan fingerprint density at radius 3 is 3.26 bits per heavy atom. The number of ether oxygens (including phenoxy) is 1. The van der Waals surface area contributed by atoms with E-state index in [-0.39, 0.29) is 11.8 Å². The number of nitrogens with zero attached hydrogens (tertiary/aromatic N) is 3. The molecule has 0 saturated carbocycles. The Balaban J connectivity index is 1.88. The summed E-state index contributed by atoms with van der Waals surface area (Å²) in [6, 6.07) is 3.79. The van der Waals surface area contributed by atoms with E-state index in [1.54, 1.807) is 13.3 Å². The lowest BCUT2D eigenvalue weighted by Gasteiger charge is -2.32. The van der Waals surface area contributed by atoms with Crippen molar-refractivity contribution in [2.45, 2.75) is 12.8 Å². The van der Waals surface area contributed by atoms with Crippen molar-refractivity contribution in [3.63, 3.8) is 0 Å². The van der Waals surface area contributed by atoms with Crippen LogP contribution < -0.4 is 10.2 Å². The van der Waals surface area contributed by atoms with Crippen molar-refractivity contribution >= 4 is 11.7 Å². The summed E-state index contributed by atoms with van der Waals surface area (Å²) in [5.41, 5.74) is 0. The van der Waals surface area contributed by atoms with Crippen molar-refractivity contribution in [2.75, 3.05) is 38.3 Å². The average Bonchev–Trinajstić information content (AvgIpc) is 2.48. The van der Waals surface area contributed by atoms with Gasteiger partial charge in [-0.2, -0.15) is 5.10 Å². The average molecular weight is 264 g/mol. The number of carbonyl (C=O) groups is 1. The van der Waals surface area contributed by atoms with E-state index in [0.29, 0.717) is 19.7 Å². The second-order valence-corrected chi connectivity index (χ2v) is 4.65. The van der Waals surface area contributed by atoms with Crippen LogP contribution in [0.3, 0.4) is 0 Å². The van der Waals surface area contributed by atoms with Gasteiger partial charge in [0.25, 0.3) is 0 Å². The Labute approximate surface area is 113 Å². The van der Waals surface area contributed by atoms with E-state index < -0.39 is 0 Å². The van der Waals surface area contributed by atoms with Gasteiger partial charge in [0, 0.05) is 32.9 Å². The normalized spacial score (nSPS) is 19.2. The second-order valence-electron chi connectivity index (χ2n) is 4.65. The van der Waals surface area contributed by atoms with Gasteiger partial charge in [0.05, 0.1) is 12.5 Å². The Morgan fingerprint density at radius 1 is 1.63 bits per heavy atom. The molecule has 1 aromatic heterocycles. The van der Waals surface area contributed by atoms with Gasteiger partial charge in [-0.3, -0.25) is 4.79 Å². The smallest absolute Gasteiger partial charge is 0.224 e. The second kappa shape index (κ2) is 7.04. The lowest BCUT2D eigenvalue weighted by Crippen LogP contribution is -2.44. The molecular weight excluding hydrogens is 244 g/mol. The zero-order valence-electron chi connectivity index (χ0n) is 11.2. The van der Waals surface area contributed by atoms with Crippen LogP contribution in [0.25, 0.3) is 0 Å². The van der Waals surface area contributed by atoms with E-state index in [9.17, 15) is 4.79 Å². The minimum absolute atomic E-state index is 0.0209. The maximum absolute atomic E-state index is 12.0. The van der Waals surface area contributed by atoms with Gasteiger partial charge in [-0.25, -0.2) is 0 Å². The predicted molar refractivity (Wildman–Crippen MR) is 71.9 cm³/mol. The van der Waals surface area contributed by atoms with Crippen LogP contribution in [-0.2, 0) is 9.53 Å². The van der Waals surface area contributed by atoms with Crippen LogP contribution in [0.15, 0.2) is 18.3 Å². The van der Waals surface area contributed by atoms with Crippen molar-refractivity contribution in [3.8, 4) is 0 Å². The highest BCUT2D eigenvalue weighted by Gasteiger charge is 2.26. The maximum atomic E-state index is 12.0. The zero-order chi connectivity index (χ0) is 13.5. The number of methoxy groups -OCH3 is 1. The Hall–Kier alpha value is -1.69. The van der Waals surface area contributed by atoms with Gasteiger partial charge in [0.1, 0.15) is 0 Å². The molecule has 0 radical (unpaired) electrons. The van der Waals surface area contributed by atoms with Gasteiger partial charge >= 0.3 is 0 Å². The number of amides is 1. The fourth-order valence-electron chi connectivity index (χ4n) is 2.28. The fourth-order valence-corrected chi connectivity index (χ4v) is 2.28. The van der Waals surface area contributed by atoms with E-state index in [1.807, 2.05) is 12.1 Å². The number of carbonyl (C=O) groups excluding carboxylic acids is 1. The van der Waals surface area contributed by atoms with E-state index >= 15 is 0 Å². The highest BCUT2D eigenvalue weighted by atomic mass is 16.5. The number of hydrogen-bond acceptors (Lipinski definition) is 5. The molecule has 2 rings (SSSR count). The fraction of sp³-hybridized carbons (Fsp3) is 0.615. The molecule has 1 aromatic rings. The zero-order valence-corrected chi connectivity index (χ0v) is 11.2. The minimum Gasteiger partial charge on any atom is -0.383 e. The molecular formula is C13H20N4O2. The number of nitrogens with one attached hydrogen (secondary N) is 1. The molecule has 1 saturated heterocycles. The van der Waals surface area contributed by atoms with Crippen LogP contribution in [0.4, 0.5) is 5.82 Å². The van der Waals surface area contributed by atoms with E-state index in [0.717, 1.165) is 25.2 Å². The number of piperidine rings is 1. The molecule has 1 aliphatic rings. The Kier molecular flexibility index (Phi) is 5.09. The van der Waals surface area contributed by atoms with Gasteiger partial charge in [-0.1, -0.05) is 0 Å². The van der Waals surface area contributed by atoms with Gasteiger partial charge in [-0.15, -0.1) is 5.10 Å². The van der Waals surface area contributed by atoms with Crippen molar-refractivity contribution < 1.29 is 9.53 Å². The Morgan fingerprint density at radius 2 is 2.53 bits per heavy atom. The van der Waals surface area contributed by atoms with Crippen LogP contribution in [0.2, 0.25) is 0 Å². The molecule has 104 valence electrons. The van der Waals surface area contributed by atoms with Crippen molar-refractivity contribution in [3.05, 3.63) is 18.3 Å². The van der Waals surface area contributed by atoms with Gasteiger partial charge < -0.3 is 15.0 Å². The SMILES string of the molecule is COCCNC(=O)[C@H]1CCCN(c2cccnn2)C1. The maximum Gasteiger partial charge on any atom is 0.224 e. The van der Waals surface area contributed by atoms with Crippen LogP contribution in [-0.4, -0.2) is 49.5 Å². The van der Waals surface area contributed by atoms with E-state index in [1.165, 1.54) is 0 Å². The van der Waals surface area contributed by atoms with Gasteiger partial charge in [0.15, 0.2) is 5.82 Å². The molecule has 0 aliphatic carbocycles. The van der Waals surface area contributed by atoms with Crippen molar-refractivity contribution in [2.24, 2.45) is 5.92 Å². The predicted octanol–water partition coefficient (Wildman–Crippen LogP) is 0.456. The summed E-state index contributed by atoms with van der Waals surface area (Å²) >= 11 is 0. The molecule has 1 amide bonds. The first-order valence-electron chi connectivity index (χ1n) is 6.60. The van der Waals surface area contributed by atoms with Crippen molar-refractivity contribution in [1.29, 1.82) is 0 Å². The number of aromatic nitrogens is 2. The van der Waals surface area contributed by atoms with Gasteiger partial charge in [-0.05, 0) is 25.0 Å². The molecule has 0 unspecified atom stereocenters. The summed E-state index contributed by atoms with van der Waals surface area (Å²) in [5, 5.41) is 10.9. The van der Waals surface area contributed by atoms with E-state index in [4.69, 9.17) is 4.74 Å². The number of anilines is 1. The molecule has 1 N–H and O–H groups in total. The van der Waals surface area contributed by atoms with Crippen LogP contribution in [0.5, 0.6) is 0 Å². The number of rotatable bonds is 5. The standard InChI is InChI=1S/C13H20N4O2/c1-19-9-7-14-13(18)11-4-3-8-17(10-11)12-5-2-6-15-16-12/h2,5-6,11H,3-4,7-10H2,1H3,(H,14,18)/t11-/m0/s1. The third-order valence-electron chi connectivity index (χ3n) is 3.28. The molecule has 6 nitrogen and oxygen atoms in total. The summed E-state index contributed by atoms with van der Waals surface area (Å²) in [6.45, 7) is 2.75. The quantitative estimate of drug-likeness (QED) is 0.782. The molecule has 0 aromatic carbocycles. The third kappa shape index (κ3) is 3.89. The molecule has 19 heavy (non-hydrogen) atoms. The van der Waals surface area contributed by atoms with E-state index in [2.05, 4.69) is 20.4 Å². The van der Waals surface area contributed by atoms with Crippen LogP contribution in [0, 0.1) is 5.92 Å². The highest BCUT2D eigenvalue weighted by molar-refractivity contribution is 5.79. The molecule has 2 heterocycles. The summed E-state index contributed by atoms with van der Waals surface area (Å²) in [4.78, 5) is 14.1. The third-order valence-corrected chi connectivity index (χ3v) is 3.28. The first-order valence-corrected chi connectivity index (χ1v) is 6.60. The largest absolute Gasteiger partial charge is 0.383 e. The summed E-state index contributed by atoms with van der Waals surface area (Å²) in [7, 11) is 1.63. The van der Waals surface area contributed by atoms with Crippen molar-refractivity contribution in [1.82, 2.24) is 15.5 Å². The monoisotopic (exact) mass is 264 g/mol. The lowest BCUT2D eigenvalue weighted by molar-refractivity contribution is -0.125. The summed E-state index contributed by atoms with van der Waals surface area (Å²) in [5.74, 6) is 0.968. The summed E-state index contributed by atoms with van der Waals surface area (Å²) in [6.07, 6.45) is 3.58. The molecule has 1 fully saturated rings. The molecule has 0 spiro atoms. The summed E-state index contributed by atoms with van der Waals surface area (Å²) < 4.78 is 4.93. The highest BCUT2D eigenvalue weighted by Crippen LogP contribution is 2.20. The van der Waals surface area contributed by atoms with Gasteiger partial charge in [0.2, 0.25) is 5.91 Å². The molecule has 1 atom stereocenters. The minimum atomic E-state index is 0.0209. The molecule has 1 aliphatic heterocycles. The van der Waals surface area contributed by atoms with Crippen LogP contribution >= 0.6 is 0 Å². The Bertz CT molecular complexity index is 399. The lowest BCUT2D eigenvalue weighted by atomic mass is 9.97. The number of hydrogen-bond donors (Lipinski definition) is 1. The topological polar surface area (TPSA) is 67.3 Å². The molecule has 0 bridgehead atoms.